The fraction of sp³-hybridized carbons (Fsp3) is 0.0952. The molecule has 0 aromatic heterocycles. The number of alkyl halides is 3. The average molecular weight is 438 g/mol. The van der Waals surface area contributed by atoms with Gasteiger partial charge in [-0.15, -0.1) is 0 Å². The third-order valence-electron chi connectivity index (χ3n) is 4.10. The Morgan fingerprint density at radius 1 is 1.03 bits per heavy atom. The Morgan fingerprint density at radius 3 is 2.31 bits per heavy atom. The molecule has 1 aliphatic heterocycles. The topological polar surface area (TPSA) is 49.3 Å². The molecule has 3 aromatic rings. The second-order valence-corrected chi connectivity index (χ2v) is 7.69. The van der Waals surface area contributed by atoms with Gasteiger partial charge in [0.25, 0.3) is 0 Å². The molecule has 2 N–H and O–H groups in total. The summed E-state index contributed by atoms with van der Waals surface area (Å²) in [6.45, 7) is 2.16. The second kappa shape index (κ2) is 8.39. The van der Waals surface area contributed by atoms with Gasteiger partial charge in [0.15, 0.2) is 0 Å². The first-order valence-electron chi connectivity index (χ1n) is 8.40. The Kier molecular flexibility index (Phi) is 6.10. The van der Waals surface area contributed by atoms with Gasteiger partial charge in [-0.2, -0.15) is 13.2 Å². The minimum Gasteiger partial charge on any atom is -0.475 e. The Morgan fingerprint density at radius 2 is 1.69 bits per heavy atom. The summed E-state index contributed by atoms with van der Waals surface area (Å²) in [5.41, 5.74) is 6.08. The smallest absolute Gasteiger partial charge is 0.475 e. The van der Waals surface area contributed by atoms with Crippen molar-refractivity contribution in [2.24, 2.45) is 0 Å². The number of rotatable bonds is 1. The van der Waals surface area contributed by atoms with E-state index in [0.717, 1.165) is 10.7 Å². The predicted molar refractivity (Wildman–Crippen MR) is 109 cm³/mol. The molecule has 29 heavy (non-hydrogen) atoms. The van der Waals surface area contributed by atoms with Crippen LogP contribution in [-0.4, -0.2) is 17.3 Å². The molecule has 0 atom stereocenters. The monoisotopic (exact) mass is 437 g/mol. The van der Waals surface area contributed by atoms with Crippen molar-refractivity contribution < 1.29 is 23.1 Å². The Bertz CT molecular complexity index is 1060. The van der Waals surface area contributed by atoms with Crippen molar-refractivity contribution in [3.8, 4) is 11.1 Å². The minimum atomic E-state index is -5.08. The van der Waals surface area contributed by atoms with E-state index in [1.165, 1.54) is 32.2 Å². The van der Waals surface area contributed by atoms with Crippen LogP contribution in [0.25, 0.3) is 11.1 Å². The molecule has 0 radical (unpaired) electrons. The van der Waals surface area contributed by atoms with Crippen LogP contribution >= 0.6 is 23.4 Å². The third kappa shape index (κ3) is 4.86. The van der Waals surface area contributed by atoms with Crippen LogP contribution in [0.1, 0.15) is 5.56 Å². The fourth-order valence-corrected chi connectivity index (χ4v) is 4.09. The lowest BCUT2D eigenvalue weighted by atomic mass is 9.98. The second-order valence-electron chi connectivity index (χ2n) is 6.17. The maximum atomic E-state index is 10.6. The molecule has 0 bridgehead atoms. The van der Waals surface area contributed by atoms with Crippen LogP contribution in [0.5, 0.6) is 0 Å². The normalized spacial score (nSPS) is 12.0. The van der Waals surface area contributed by atoms with Crippen molar-refractivity contribution in [2.75, 3.05) is 5.32 Å². The number of hydrogen-bond donors (Lipinski definition) is 2. The molecule has 3 aromatic carbocycles. The molecular formula is C21H15ClF3NO2S. The number of nitrogens with one attached hydrogen (secondary N) is 1. The number of carbonyl (C=O) groups is 1. The van der Waals surface area contributed by atoms with Crippen molar-refractivity contribution in [2.45, 2.75) is 22.9 Å². The van der Waals surface area contributed by atoms with Gasteiger partial charge < -0.3 is 10.4 Å². The highest BCUT2D eigenvalue weighted by atomic mass is 35.5. The lowest BCUT2D eigenvalue weighted by Gasteiger charge is -2.25. The molecule has 0 aliphatic carbocycles. The number of aliphatic carboxylic acids is 1. The zero-order chi connectivity index (χ0) is 21.2. The van der Waals surface area contributed by atoms with Crippen molar-refractivity contribution in [3.05, 3.63) is 71.2 Å². The number of anilines is 2. The number of fused-ring (bicyclic) bond motifs is 2. The molecule has 0 saturated carbocycles. The summed E-state index contributed by atoms with van der Waals surface area (Å²) in [7, 11) is 0. The SMILES string of the molecule is Cc1ccc2c(c1-c1ccccc1)Nc1ccc(Cl)cc1S2.O=C(O)C(F)(F)F. The number of benzene rings is 3. The molecule has 1 heterocycles. The first-order valence-corrected chi connectivity index (χ1v) is 9.60. The predicted octanol–water partition coefficient (Wildman–Crippen LogP) is 7.16. The van der Waals surface area contributed by atoms with Gasteiger partial charge in [-0.3, -0.25) is 0 Å². The lowest BCUT2D eigenvalue weighted by molar-refractivity contribution is -0.192. The summed E-state index contributed by atoms with van der Waals surface area (Å²) in [6, 6.07) is 20.9. The maximum Gasteiger partial charge on any atom is 0.490 e. The van der Waals surface area contributed by atoms with E-state index in [1.807, 2.05) is 24.3 Å². The van der Waals surface area contributed by atoms with E-state index in [2.05, 4.69) is 48.6 Å². The van der Waals surface area contributed by atoms with E-state index in [-0.39, 0.29) is 0 Å². The summed E-state index contributed by atoms with van der Waals surface area (Å²) >= 11 is 7.88. The third-order valence-corrected chi connectivity index (χ3v) is 5.46. The quantitative estimate of drug-likeness (QED) is 0.332. The van der Waals surface area contributed by atoms with E-state index >= 15 is 0 Å². The van der Waals surface area contributed by atoms with Gasteiger partial charge in [-0.25, -0.2) is 4.79 Å². The molecule has 4 rings (SSSR count). The van der Waals surface area contributed by atoms with E-state index in [4.69, 9.17) is 21.5 Å². The van der Waals surface area contributed by atoms with Crippen LogP contribution in [0.3, 0.4) is 0 Å². The standard InChI is InChI=1S/C19H14ClNS.C2HF3O2/c1-12-7-10-16-19(18(12)13-5-3-2-4-6-13)21-15-9-8-14(20)11-17(15)22-16;3-2(4,5)1(6)7/h2-11,21H,1H3;(H,6,7). The number of aryl methyl sites for hydroxylation is 1. The van der Waals surface area contributed by atoms with Crippen LogP contribution in [0.4, 0.5) is 24.5 Å². The number of carboxylic acid groups (broad SMARTS) is 1. The van der Waals surface area contributed by atoms with Crippen molar-refractivity contribution in [1.29, 1.82) is 0 Å². The van der Waals surface area contributed by atoms with Crippen molar-refractivity contribution in [1.82, 2.24) is 0 Å². The average Bonchev–Trinajstić information content (AvgIpc) is 2.67. The molecule has 1 aliphatic rings. The van der Waals surface area contributed by atoms with Gasteiger partial charge in [-0.05, 0) is 42.3 Å². The summed E-state index contributed by atoms with van der Waals surface area (Å²) in [5.74, 6) is -2.76. The van der Waals surface area contributed by atoms with E-state index in [1.54, 1.807) is 11.8 Å². The highest BCUT2D eigenvalue weighted by Gasteiger charge is 2.38. The van der Waals surface area contributed by atoms with E-state index in [0.29, 0.717) is 0 Å². The van der Waals surface area contributed by atoms with Gasteiger partial charge in [0.1, 0.15) is 0 Å². The lowest BCUT2D eigenvalue weighted by Crippen LogP contribution is -2.21. The first-order chi connectivity index (χ1) is 13.7. The number of hydrogen-bond acceptors (Lipinski definition) is 3. The molecule has 0 spiro atoms. The van der Waals surface area contributed by atoms with Gasteiger partial charge in [-0.1, -0.05) is 59.8 Å². The van der Waals surface area contributed by atoms with Crippen LogP contribution in [0.15, 0.2) is 70.5 Å². The highest BCUT2D eigenvalue weighted by molar-refractivity contribution is 7.99. The molecule has 8 heteroatoms. The summed E-state index contributed by atoms with van der Waals surface area (Å²) in [4.78, 5) is 11.3. The van der Waals surface area contributed by atoms with Crippen LogP contribution in [0.2, 0.25) is 5.02 Å². The van der Waals surface area contributed by atoms with Gasteiger partial charge >= 0.3 is 12.1 Å². The van der Waals surface area contributed by atoms with E-state index in [9.17, 15) is 13.2 Å². The zero-order valence-corrected chi connectivity index (χ0v) is 16.6. The molecule has 150 valence electrons. The molecule has 3 nitrogen and oxygen atoms in total. The summed E-state index contributed by atoms with van der Waals surface area (Å²) < 4.78 is 31.7. The zero-order valence-electron chi connectivity index (χ0n) is 15.0. The Balaban J connectivity index is 0.000000298. The van der Waals surface area contributed by atoms with Gasteiger partial charge in [0.2, 0.25) is 0 Å². The van der Waals surface area contributed by atoms with E-state index < -0.39 is 12.1 Å². The Hall–Kier alpha value is -2.64. The van der Waals surface area contributed by atoms with Crippen LogP contribution in [0, 0.1) is 6.92 Å². The molecule has 0 fully saturated rings. The maximum absolute atomic E-state index is 10.6. The molecule has 0 saturated heterocycles. The molecule has 0 unspecified atom stereocenters. The number of halogens is 4. The van der Waals surface area contributed by atoms with Crippen LogP contribution in [-0.2, 0) is 4.79 Å². The summed E-state index contributed by atoms with van der Waals surface area (Å²) in [5, 5.41) is 11.5. The Labute approximate surface area is 174 Å². The summed E-state index contributed by atoms with van der Waals surface area (Å²) in [6.07, 6.45) is -5.08. The minimum absolute atomic E-state index is 0.770. The number of carboxylic acids is 1. The van der Waals surface area contributed by atoms with Gasteiger partial charge in [0.05, 0.1) is 11.4 Å². The molecule has 0 amide bonds. The van der Waals surface area contributed by atoms with Crippen LogP contribution < -0.4 is 5.32 Å². The fourth-order valence-electron chi connectivity index (χ4n) is 2.81. The van der Waals surface area contributed by atoms with Crippen molar-refractivity contribution in [3.63, 3.8) is 0 Å². The van der Waals surface area contributed by atoms with Gasteiger partial charge in [0, 0.05) is 20.4 Å². The highest BCUT2D eigenvalue weighted by Crippen LogP contribution is 2.49. The largest absolute Gasteiger partial charge is 0.490 e. The van der Waals surface area contributed by atoms with Crippen molar-refractivity contribution >= 4 is 40.7 Å². The first kappa shape index (κ1) is 21.1. The molecular weight excluding hydrogens is 423 g/mol.